The van der Waals surface area contributed by atoms with Crippen molar-refractivity contribution in [1.82, 2.24) is 15.0 Å². The second-order valence-electron chi connectivity index (χ2n) is 2.91. The third-order valence-electron chi connectivity index (χ3n) is 1.89. The van der Waals surface area contributed by atoms with Crippen molar-refractivity contribution in [1.29, 1.82) is 0 Å². The first-order chi connectivity index (χ1) is 7.38. The molecular weight excluding hydrogens is 196 g/mol. The molecule has 0 unspecified atom stereocenters. The van der Waals surface area contributed by atoms with Crippen molar-refractivity contribution < 1.29 is 9.47 Å². The second-order valence-corrected chi connectivity index (χ2v) is 2.91. The lowest BCUT2D eigenvalue weighted by atomic mass is 10.5. The van der Waals surface area contributed by atoms with E-state index in [1.165, 1.54) is 12.7 Å². The number of nitrogens with zero attached hydrogens (tertiary/aromatic N) is 4. The molecule has 6 heteroatoms. The Hall–Kier alpha value is -1.27. The molecule has 0 spiro atoms. The number of methoxy groups -OCH3 is 2. The summed E-state index contributed by atoms with van der Waals surface area (Å²) in [6.07, 6.45) is 2.96. The molecule has 0 aliphatic heterocycles. The highest BCUT2D eigenvalue weighted by Crippen LogP contribution is 2.02. The van der Waals surface area contributed by atoms with Gasteiger partial charge in [0.2, 0.25) is 5.95 Å². The largest absolute Gasteiger partial charge is 0.383 e. The van der Waals surface area contributed by atoms with Gasteiger partial charge in [-0.05, 0) is 0 Å². The summed E-state index contributed by atoms with van der Waals surface area (Å²) in [4.78, 5) is 13.9. The summed E-state index contributed by atoms with van der Waals surface area (Å²) in [5, 5.41) is 0. The molecule has 1 heterocycles. The zero-order valence-electron chi connectivity index (χ0n) is 9.09. The van der Waals surface area contributed by atoms with Crippen molar-refractivity contribution in [3.63, 3.8) is 0 Å². The Kier molecular flexibility index (Phi) is 5.57. The van der Waals surface area contributed by atoms with Crippen LogP contribution in [0.2, 0.25) is 0 Å². The first-order valence-electron chi connectivity index (χ1n) is 4.73. The predicted octanol–water partition coefficient (Wildman–Crippen LogP) is -0.0292. The molecule has 0 fully saturated rings. The Balaban J connectivity index is 2.55. The lowest BCUT2D eigenvalue weighted by Crippen LogP contribution is -2.32. The molecule has 0 saturated carbocycles. The molecule has 0 amide bonds. The van der Waals surface area contributed by atoms with E-state index in [1.54, 1.807) is 14.2 Å². The highest BCUT2D eigenvalue weighted by atomic mass is 16.5. The third kappa shape index (κ3) is 4.18. The standard InChI is InChI=1S/C9H16N4O2/c1-14-5-3-13(4-6-15-2)9-11-7-10-8-12-9/h7-8H,3-6H2,1-2H3. The smallest absolute Gasteiger partial charge is 0.228 e. The van der Waals surface area contributed by atoms with Crippen molar-refractivity contribution in [2.24, 2.45) is 0 Å². The van der Waals surface area contributed by atoms with Gasteiger partial charge in [0.25, 0.3) is 0 Å². The molecule has 1 rings (SSSR count). The van der Waals surface area contributed by atoms with Gasteiger partial charge < -0.3 is 14.4 Å². The summed E-state index contributed by atoms with van der Waals surface area (Å²) < 4.78 is 10.0. The van der Waals surface area contributed by atoms with Crippen molar-refractivity contribution >= 4 is 5.95 Å². The summed E-state index contributed by atoms with van der Waals surface area (Å²) in [6.45, 7) is 2.75. The summed E-state index contributed by atoms with van der Waals surface area (Å²) in [7, 11) is 3.34. The van der Waals surface area contributed by atoms with Crippen molar-refractivity contribution in [3.8, 4) is 0 Å². The summed E-state index contributed by atoms with van der Waals surface area (Å²) in [6, 6.07) is 0. The molecular formula is C9H16N4O2. The maximum atomic E-state index is 5.02. The number of anilines is 1. The van der Waals surface area contributed by atoms with Gasteiger partial charge in [0.1, 0.15) is 12.7 Å². The fraction of sp³-hybridized carbons (Fsp3) is 0.667. The maximum absolute atomic E-state index is 5.02. The topological polar surface area (TPSA) is 60.4 Å². The molecule has 0 aromatic carbocycles. The van der Waals surface area contributed by atoms with E-state index in [4.69, 9.17) is 9.47 Å². The fourth-order valence-corrected chi connectivity index (χ4v) is 1.11. The molecule has 0 bridgehead atoms. The molecule has 15 heavy (non-hydrogen) atoms. The van der Waals surface area contributed by atoms with Gasteiger partial charge in [-0.2, -0.15) is 0 Å². The van der Waals surface area contributed by atoms with E-state index >= 15 is 0 Å². The Bertz CT molecular complexity index is 250. The minimum Gasteiger partial charge on any atom is -0.383 e. The minimum atomic E-state index is 0.634. The summed E-state index contributed by atoms with van der Waals surface area (Å²) in [5.41, 5.74) is 0. The predicted molar refractivity (Wildman–Crippen MR) is 55.8 cm³/mol. The second kappa shape index (κ2) is 7.08. The Morgan fingerprint density at radius 2 is 1.60 bits per heavy atom. The van der Waals surface area contributed by atoms with Crippen LogP contribution in [-0.2, 0) is 9.47 Å². The molecule has 6 nitrogen and oxygen atoms in total. The summed E-state index contributed by atoms with van der Waals surface area (Å²) in [5.74, 6) is 0.652. The number of aromatic nitrogens is 3. The Labute approximate surface area is 89.3 Å². The molecule has 1 aromatic heterocycles. The normalized spacial score (nSPS) is 10.3. The van der Waals surface area contributed by atoms with Crippen LogP contribution >= 0.6 is 0 Å². The molecule has 0 aliphatic rings. The van der Waals surface area contributed by atoms with Crippen LogP contribution in [-0.4, -0.2) is 55.5 Å². The zero-order chi connectivity index (χ0) is 10.9. The van der Waals surface area contributed by atoms with Gasteiger partial charge in [0.15, 0.2) is 0 Å². The first kappa shape index (κ1) is 11.8. The lowest BCUT2D eigenvalue weighted by Gasteiger charge is -2.21. The van der Waals surface area contributed by atoms with Gasteiger partial charge in [-0.1, -0.05) is 0 Å². The average Bonchev–Trinajstić information content (AvgIpc) is 2.30. The van der Waals surface area contributed by atoms with E-state index in [0.717, 1.165) is 13.1 Å². The van der Waals surface area contributed by atoms with Gasteiger partial charge in [0, 0.05) is 27.3 Å². The Morgan fingerprint density at radius 3 is 2.07 bits per heavy atom. The number of rotatable bonds is 7. The van der Waals surface area contributed by atoms with Gasteiger partial charge in [-0.25, -0.2) is 15.0 Å². The van der Waals surface area contributed by atoms with E-state index in [2.05, 4.69) is 15.0 Å². The highest BCUT2D eigenvalue weighted by molar-refractivity contribution is 5.26. The van der Waals surface area contributed by atoms with E-state index in [1.807, 2.05) is 4.90 Å². The van der Waals surface area contributed by atoms with Crippen LogP contribution in [0, 0.1) is 0 Å². The molecule has 0 atom stereocenters. The Morgan fingerprint density at radius 1 is 1.07 bits per heavy atom. The minimum absolute atomic E-state index is 0.634. The van der Waals surface area contributed by atoms with Crippen LogP contribution in [0.15, 0.2) is 12.7 Å². The van der Waals surface area contributed by atoms with Crippen LogP contribution in [0.1, 0.15) is 0 Å². The average molecular weight is 212 g/mol. The van der Waals surface area contributed by atoms with Crippen LogP contribution in [0.4, 0.5) is 5.95 Å². The van der Waals surface area contributed by atoms with E-state index in [9.17, 15) is 0 Å². The molecule has 1 aromatic rings. The molecule has 0 aliphatic carbocycles. The monoisotopic (exact) mass is 212 g/mol. The molecule has 84 valence electrons. The number of hydrogen-bond acceptors (Lipinski definition) is 6. The van der Waals surface area contributed by atoms with Crippen LogP contribution in [0.5, 0.6) is 0 Å². The quantitative estimate of drug-likeness (QED) is 0.632. The van der Waals surface area contributed by atoms with Crippen molar-refractivity contribution in [3.05, 3.63) is 12.7 Å². The van der Waals surface area contributed by atoms with Crippen LogP contribution < -0.4 is 4.90 Å². The van der Waals surface area contributed by atoms with Crippen molar-refractivity contribution in [2.45, 2.75) is 0 Å². The molecule has 0 N–H and O–H groups in total. The van der Waals surface area contributed by atoms with Gasteiger partial charge in [-0.3, -0.25) is 0 Å². The molecule has 0 saturated heterocycles. The lowest BCUT2D eigenvalue weighted by molar-refractivity contribution is 0.189. The van der Waals surface area contributed by atoms with Gasteiger partial charge in [-0.15, -0.1) is 0 Å². The SMILES string of the molecule is COCCN(CCOC)c1ncncn1. The van der Waals surface area contributed by atoms with Crippen LogP contribution in [0.25, 0.3) is 0 Å². The maximum Gasteiger partial charge on any atom is 0.228 e. The highest BCUT2D eigenvalue weighted by Gasteiger charge is 2.07. The zero-order valence-corrected chi connectivity index (χ0v) is 9.09. The van der Waals surface area contributed by atoms with Gasteiger partial charge in [0.05, 0.1) is 13.2 Å². The number of hydrogen-bond donors (Lipinski definition) is 0. The van der Waals surface area contributed by atoms with E-state index in [0.29, 0.717) is 19.2 Å². The van der Waals surface area contributed by atoms with Gasteiger partial charge >= 0.3 is 0 Å². The third-order valence-corrected chi connectivity index (χ3v) is 1.89. The van der Waals surface area contributed by atoms with E-state index in [-0.39, 0.29) is 0 Å². The molecule has 0 radical (unpaired) electrons. The summed E-state index contributed by atoms with van der Waals surface area (Å²) >= 11 is 0. The first-order valence-corrected chi connectivity index (χ1v) is 4.73. The van der Waals surface area contributed by atoms with Crippen molar-refractivity contribution in [2.75, 3.05) is 45.4 Å². The van der Waals surface area contributed by atoms with Crippen LogP contribution in [0.3, 0.4) is 0 Å². The van der Waals surface area contributed by atoms with E-state index < -0.39 is 0 Å². The fourth-order valence-electron chi connectivity index (χ4n) is 1.11. The number of ether oxygens (including phenoxy) is 2.